The quantitative estimate of drug-likeness (QED) is 0.642. The van der Waals surface area contributed by atoms with Crippen molar-refractivity contribution in [3.63, 3.8) is 0 Å². The van der Waals surface area contributed by atoms with Crippen molar-refractivity contribution in [3.05, 3.63) is 28.2 Å². The van der Waals surface area contributed by atoms with Crippen LogP contribution in [0.2, 0.25) is 0 Å². The fourth-order valence-corrected chi connectivity index (χ4v) is 1.78. The van der Waals surface area contributed by atoms with E-state index in [0.29, 0.717) is 10.0 Å². The summed E-state index contributed by atoms with van der Waals surface area (Å²) in [5.41, 5.74) is 0.632. The predicted octanol–water partition coefficient (Wildman–Crippen LogP) is 1.81. The van der Waals surface area contributed by atoms with Gasteiger partial charge >= 0.3 is 5.97 Å². The number of phenolic OH excluding ortho intramolecular Hbond substituents is 1. The number of carbonyl (C=O) groups is 2. The molecule has 1 rings (SSSR count). The first-order chi connectivity index (χ1) is 9.85. The van der Waals surface area contributed by atoms with Crippen molar-refractivity contribution < 1.29 is 24.2 Å². The molecule has 0 bridgehead atoms. The van der Waals surface area contributed by atoms with E-state index in [4.69, 9.17) is 9.47 Å². The summed E-state index contributed by atoms with van der Waals surface area (Å²) in [6.07, 6.45) is 2.69. The van der Waals surface area contributed by atoms with Gasteiger partial charge in [-0.3, -0.25) is 4.79 Å². The molecule has 1 aromatic carbocycles. The molecule has 0 heterocycles. The fraction of sp³-hybridized carbons (Fsp3) is 0.286. The molecule has 0 saturated carbocycles. The molecular weight excluding hydrogens is 342 g/mol. The average molecular weight is 358 g/mol. The minimum absolute atomic E-state index is 0.0196. The van der Waals surface area contributed by atoms with Gasteiger partial charge in [0.15, 0.2) is 18.1 Å². The van der Waals surface area contributed by atoms with E-state index in [1.54, 1.807) is 26.2 Å². The third-order valence-electron chi connectivity index (χ3n) is 2.52. The summed E-state index contributed by atoms with van der Waals surface area (Å²) in [6.45, 7) is -0.307. The highest BCUT2D eigenvalue weighted by Crippen LogP contribution is 2.35. The Bertz CT molecular complexity index is 569. The zero-order valence-corrected chi connectivity index (χ0v) is 13.5. The lowest BCUT2D eigenvalue weighted by Gasteiger charge is -2.09. The normalized spacial score (nSPS) is 10.5. The van der Waals surface area contributed by atoms with Crippen LogP contribution in [0.25, 0.3) is 6.08 Å². The number of amides is 1. The standard InChI is InChI=1S/C14H16BrNO5/c1-16(2)12(17)8-21-13(18)5-4-9-6-10(15)14(19)11(7-9)20-3/h4-7,19H,8H2,1-3H3/b5-4+. The Morgan fingerprint density at radius 3 is 2.62 bits per heavy atom. The lowest BCUT2D eigenvalue weighted by molar-refractivity contribution is -0.146. The van der Waals surface area contributed by atoms with Crippen molar-refractivity contribution in [3.8, 4) is 11.5 Å². The van der Waals surface area contributed by atoms with Crippen LogP contribution in [0.1, 0.15) is 5.56 Å². The number of hydrogen-bond acceptors (Lipinski definition) is 5. The maximum atomic E-state index is 11.5. The first kappa shape index (κ1) is 17.0. The lowest BCUT2D eigenvalue weighted by Crippen LogP contribution is -2.27. The minimum Gasteiger partial charge on any atom is -0.503 e. The van der Waals surface area contributed by atoms with Crippen LogP contribution in [0.4, 0.5) is 0 Å². The Labute approximate surface area is 131 Å². The molecule has 0 saturated heterocycles. The van der Waals surface area contributed by atoms with Gasteiger partial charge in [0.05, 0.1) is 11.6 Å². The molecule has 6 nitrogen and oxygen atoms in total. The number of likely N-dealkylation sites (N-methyl/N-ethyl adjacent to an activating group) is 1. The second-order valence-electron chi connectivity index (χ2n) is 4.28. The molecule has 0 fully saturated rings. The molecule has 7 heteroatoms. The molecule has 0 radical (unpaired) electrons. The Morgan fingerprint density at radius 2 is 2.05 bits per heavy atom. The Hall–Kier alpha value is -2.02. The number of methoxy groups -OCH3 is 1. The zero-order valence-electron chi connectivity index (χ0n) is 11.9. The van der Waals surface area contributed by atoms with Crippen LogP contribution in [0.5, 0.6) is 11.5 Å². The smallest absolute Gasteiger partial charge is 0.331 e. The van der Waals surface area contributed by atoms with E-state index in [1.165, 1.54) is 24.2 Å². The maximum absolute atomic E-state index is 11.5. The van der Waals surface area contributed by atoms with E-state index in [9.17, 15) is 14.7 Å². The maximum Gasteiger partial charge on any atom is 0.331 e. The highest BCUT2D eigenvalue weighted by atomic mass is 79.9. The molecule has 0 spiro atoms. The van der Waals surface area contributed by atoms with E-state index < -0.39 is 5.97 Å². The highest BCUT2D eigenvalue weighted by molar-refractivity contribution is 9.10. The topological polar surface area (TPSA) is 76.1 Å². The van der Waals surface area contributed by atoms with Crippen LogP contribution < -0.4 is 4.74 Å². The number of nitrogens with zero attached hydrogens (tertiary/aromatic N) is 1. The van der Waals surface area contributed by atoms with Gasteiger partial charge in [0.1, 0.15) is 0 Å². The summed E-state index contributed by atoms with van der Waals surface area (Å²) < 4.78 is 10.2. The summed E-state index contributed by atoms with van der Waals surface area (Å²) in [5, 5.41) is 9.67. The second kappa shape index (κ2) is 7.68. The molecule has 0 atom stereocenters. The van der Waals surface area contributed by atoms with Gasteiger partial charge in [-0.25, -0.2) is 4.79 Å². The Kier molecular flexibility index (Phi) is 6.23. The van der Waals surface area contributed by atoms with E-state index in [1.807, 2.05) is 0 Å². The van der Waals surface area contributed by atoms with E-state index in [2.05, 4.69) is 15.9 Å². The van der Waals surface area contributed by atoms with E-state index >= 15 is 0 Å². The van der Waals surface area contributed by atoms with Crippen LogP contribution in [-0.4, -0.2) is 49.7 Å². The largest absolute Gasteiger partial charge is 0.503 e. The number of ether oxygens (including phenoxy) is 2. The first-order valence-electron chi connectivity index (χ1n) is 5.96. The summed E-state index contributed by atoms with van der Waals surface area (Å²) in [6, 6.07) is 3.18. The van der Waals surface area contributed by atoms with Gasteiger partial charge in [0.25, 0.3) is 5.91 Å². The molecule has 0 aliphatic carbocycles. The molecule has 1 aromatic rings. The number of benzene rings is 1. The van der Waals surface area contributed by atoms with Gasteiger partial charge in [0.2, 0.25) is 0 Å². The molecule has 0 aromatic heterocycles. The van der Waals surface area contributed by atoms with Crippen LogP contribution in [0.3, 0.4) is 0 Å². The van der Waals surface area contributed by atoms with Crippen molar-refractivity contribution in [1.29, 1.82) is 0 Å². The summed E-state index contributed by atoms with van der Waals surface area (Å²) in [7, 11) is 4.58. The summed E-state index contributed by atoms with van der Waals surface area (Å²) in [4.78, 5) is 24.1. The van der Waals surface area contributed by atoms with E-state index in [-0.39, 0.29) is 24.0 Å². The third kappa shape index (κ3) is 5.11. The fourth-order valence-electron chi connectivity index (χ4n) is 1.32. The molecule has 1 N–H and O–H groups in total. The molecule has 114 valence electrons. The van der Waals surface area contributed by atoms with Gasteiger partial charge in [-0.05, 0) is 39.7 Å². The molecule has 21 heavy (non-hydrogen) atoms. The number of halogens is 1. The SMILES string of the molecule is COc1cc(/C=C/C(=O)OCC(=O)N(C)C)cc(Br)c1O. The van der Waals surface area contributed by atoms with Gasteiger partial charge in [-0.2, -0.15) is 0 Å². The Balaban J connectivity index is 2.70. The average Bonchev–Trinajstić information content (AvgIpc) is 2.45. The number of carbonyl (C=O) groups excluding carboxylic acids is 2. The lowest BCUT2D eigenvalue weighted by atomic mass is 10.2. The van der Waals surface area contributed by atoms with Gasteiger partial charge in [-0.1, -0.05) is 0 Å². The second-order valence-corrected chi connectivity index (χ2v) is 5.14. The number of esters is 1. The molecular formula is C14H16BrNO5. The van der Waals surface area contributed by atoms with Crippen LogP contribution in [0.15, 0.2) is 22.7 Å². The summed E-state index contributed by atoms with van der Waals surface area (Å²) >= 11 is 3.18. The summed E-state index contributed by atoms with van der Waals surface area (Å²) in [5.74, 6) is -0.673. The van der Waals surface area contributed by atoms with Crippen LogP contribution in [-0.2, 0) is 14.3 Å². The highest BCUT2D eigenvalue weighted by Gasteiger charge is 2.09. The van der Waals surface area contributed by atoms with Crippen molar-refractivity contribution in [2.24, 2.45) is 0 Å². The van der Waals surface area contributed by atoms with Crippen LogP contribution in [0, 0.1) is 0 Å². The molecule has 0 unspecified atom stereocenters. The molecule has 1 amide bonds. The van der Waals surface area contributed by atoms with Crippen molar-refractivity contribution in [2.45, 2.75) is 0 Å². The first-order valence-corrected chi connectivity index (χ1v) is 6.76. The van der Waals surface area contributed by atoms with Gasteiger partial charge in [0, 0.05) is 20.2 Å². The number of phenols is 1. The van der Waals surface area contributed by atoms with E-state index in [0.717, 1.165) is 0 Å². The van der Waals surface area contributed by atoms with Crippen molar-refractivity contribution >= 4 is 33.9 Å². The monoisotopic (exact) mass is 357 g/mol. The number of hydrogen-bond donors (Lipinski definition) is 1. The minimum atomic E-state index is -0.631. The molecule has 0 aliphatic rings. The van der Waals surface area contributed by atoms with Crippen LogP contribution >= 0.6 is 15.9 Å². The predicted molar refractivity (Wildman–Crippen MR) is 81.0 cm³/mol. The Morgan fingerprint density at radius 1 is 1.38 bits per heavy atom. The van der Waals surface area contributed by atoms with Gasteiger partial charge in [-0.15, -0.1) is 0 Å². The number of aromatic hydroxyl groups is 1. The number of rotatable bonds is 5. The molecule has 0 aliphatic heterocycles. The van der Waals surface area contributed by atoms with Crippen molar-refractivity contribution in [2.75, 3.05) is 27.8 Å². The third-order valence-corrected chi connectivity index (χ3v) is 3.12. The van der Waals surface area contributed by atoms with Crippen molar-refractivity contribution in [1.82, 2.24) is 4.90 Å². The van der Waals surface area contributed by atoms with Gasteiger partial charge < -0.3 is 19.5 Å². The zero-order chi connectivity index (χ0) is 16.0.